The molecule has 4 heteroatoms. The number of hydrogen-bond donors (Lipinski definition) is 2. The van der Waals surface area contributed by atoms with E-state index in [1.54, 1.807) is 7.11 Å². The number of methoxy groups -OCH3 is 1. The van der Waals surface area contributed by atoms with Crippen molar-refractivity contribution >= 4 is 5.91 Å². The Morgan fingerprint density at radius 2 is 2.00 bits per heavy atom. The minimum atomic E-state index is -0.275. The lowest BCUT2D eigenvalue weighted by molar-refractivity contribution is -0.126. The molecule has 0 saturated heterocycles. The van der Waals surface area contributed by atoms with Gasteiger partial charge in [0.1, 0.15) is 0 Å². The van der Waals surface area contributed by atoms with E-state index in [1.807, 2.05) is 20.8 Å². The van der Waals surface area contributed by atoms with E-state index in [1.165, 1.54) is 0 Å². The quantitative estimate of drug-likeness (QED) is 0.664. The molecule has 0 aliphatic heterocycles. The smallest absolute Gasteiger partial charge is 0.225 e. The minimum Gasteiger partial charge on any atom is -0.384 e. The van der Waals surface area contributed by atoms with Gasteiger partial charge in [0.15, 0.2) is 0 Å². The van der Waals surface area contributed by atoms with E-state index < -0.39 is 0 Å². The summed E-state index contributed by atoms with van der Waals surface area (Å²) in [5.74, 6) is -0.110. The highest BCUT2D eigenvalue weighted by Crippen LogP contribution is 2.09. The summed E-state index contributed by atoms with van der Waals surface area (Å²) in [6, 6.07) is 0. The molecule has 0 rings (SSSR count). The van der Waals surface area contributed by atoms with Crippen LogP contribution in [0.5, 0.6) is 0 Å². The summed E-state index contributed by atoms with van der Waals surface area (Å²) in [6.45, 7) is 6.89. The Morgan fingerprint density at radius 1 is 1.47 bits per heavy atom. The molecule has 0 aromatic rings. The van der Waals surface area contributed by atoms with Gasteiger partial charge in [-0.1, -0.05) is 20.8 Å². The van der Waals surface area contributed by atoms with Gasteiger partial charge in [0.2, 0.25) is 5.91 Å². The fourth-order valence-corrected chi connectivity index (χ4v) is 1.26. The van der Waals surface area contributed by atoms with Gasteiger partial charge in [0, 0.05) is 19.2 Å². The first-order valence-electron chi connectivity index (χ1n) is 5.54. The SMILES string of the molecule is CCC(N)(CC)CNC(=O)C(C)COC. The van der Waals surface area contributed by atoms with Crippen molar-refractivity contribution in [3.8, 4) is 0 Å². The molecule has 0 aliphatic carbocycles. The maximum atomic E-state index is 11.6. The Hall–Kier alpha value is -0.610. The number of hydrogen-bond acceptors (Lipinski definition) is 3. The Labute approximate surface area is 92.6 Å². The predicted molar refractivity (Wildman–Crippen MR) is 61.6 cm³/mol. The highest BCUT2D eigenvalue weighted by molar-refractivity contribution is 5.78. The Balaban J connectivity index is 3.98. The molecule has 0 radical (unpaired) electrons. The summed E-state index contributed by atoms with van der Waals surface area (Å²) in [5.41, 5.74) is 5.80. The molecule has 0 aromatic carbocycles. The average molecular weight is 216 g/mol. The second kappa shape index (κ2) is 6.80. The monoisotopic (exact) mass is 216 g/mol. The zero-order valence-electron chi connectivity index (χ0n) is 10.3. The van der Waals surface area contributed by atoms with E-state index in [2.05, 4.69) is 5.32 Å². The third-order valence-corrected chi connectivity index (χ3v) is 2.89. The fraction of sp³-hybridized carbons (Fsp3) is 0.909. The number of nitrogens with two attached hydrogens (primary N) is 1. The molecule has 0 aromatic heterocycles. The van der Waals surface area contributed by atoms with Crippen LogP contribution in [0.15, 0.2) is 0 Å². The second-order valence-electron chi connectivity index (χ2n) is 4.14. The summed E-state index contributed by atoms with van der Waals surface area (Å²) in [4.78, 5) is 11.6. The van der Waals surface area contributed by atoms with Gasteiger partial charge in [-0.25, -0.2) is 0 Å². The molecule has 4 nitrogen and oxygen atoms in total. The fourth-order valence-electron chi connectivity index (χ4n) is 1.26. The van der Waals surface area contributed by atoms with E-state index >= 15 is 0 Å². The van der Waals surface area contributed by atoms with Crippen LogP contribution in [-0.4, -0.2) is 31.7 Å². The van der Waals surface area contributed by atoms with Crippen molar-refractivity contribution in [2.75, 3.05) is 20.3 Å². The van der Waals surface area contributed by atoms with Crippen LogP contribution < -0.4 is 11.1 Å². The molecule has 0 aliphatic rings. The Bertz CT molecular complexity index is 191. The van der Waals surface area contributed by atoms with Gasteiger partial charge in [-0.15, -0.1) is 0 Å². The summed E-state index contributed by atoms with van der Waals surface area (Å²) < 4.78 is 4.92. The average Bonchev–Trinajstić information content (AvgIpc) is 2.25. The Kier molecular flexibility index (Phi) is 6.52. The lowest BCUT2D eigenvalue weighted by Crippen LogP contribution is -2.50. The van der Waals surface area contributed by atoms with Crippen molar-refractivity contribution in [3.05, 3.63) is 0 Å². The molecule has 0 bridgehead atoms. The summed E-state index contributed by atoms with van der Waals surface area (Å²) >= 11 is 0. The molecule has 0 saturated carbocycles. The third kappa shape index (κ3) is 5.14. The molecule has 15 heavy (non-hydrogen) atoms. The maximum absolute atomic E-state index is 11.6. The third-order valence-electron chi connectivity index (χ3n) is 2.89. The second-order valence-corrected chi connectivity index (χ2v) is 4.14. The first kappa shape index (κ1) is 14.4. The van der Waals surface area contributed by atoms with Crippen LogP contribution >= 0.6 is 0 Å². The zero-order valence-corrected chi connectivity index (χ0v) is 10.3. The van der Waals surface area contributed by atoms with Crippen molar-refractivity contribution in [3.63, 3.8) is 0 Å². The van der Waals surface area contributed by atoms with Crippen LogP contribution in [0, 0.1) is 5.92 Å². The van der Waals surface area contributed by atoms with Crippen LogP contribution in [0.25, 0.3) is 0 Å². The van der Waals surface area contributed by atoms with Crippen LogP contribution in [-0.2, 0) is 9.53 Å². The summed E-state index contributed by atoms with van der Waals surface area (Å²) in [7, 11) is 1.59. The highest BCUT2D eigenvalue weighted by Gasteiger charge is 2.22. The largest absolute Gasteiger partial charge is 0.384 e. The molecule has 1 amide bonds. The topological polar surface area (TPSA) is 64.3 Å². The lowest BCUT2D eigenvalue weighted by atomic mass is 9.94. The number of ether oxygens (including phenoxy) is 1. The molecule has 1 unspecified atom stereocenters. The number of carbonyl (C=O) groups excluding carboxylic acids is 1. The number of carbonyl (C=O) groups is 1. The van der Waals surface area contributed by atoms with Crippen molar-refractivity contribution in [1.82, 2.24) is 5.32 Å². The van der Waals surface area contributed by atoms with Gasteiger partial charge in [-0.05, 0) is 12.8 Å². The first-order chi connectivity index (χ1) is 6.99. The van der Waals surface area contributed by atoms with Crippen molar-refractivity contribution < 1.29 is 9.53 Å². The van der Waals surface area contributed by atoms with Gasteiger partial charge in [-0.2, -0.15) is 0 Å². The Morgan fingerprint density at radius 3 is 2.40 bits per heavy atom. The molecule has 3 N–H and O–H groups in total. The summed E-state index contributed by atoms with van der Waals surface area (Å²) in [6.07, 6.45) is 1.73. The van der Waals surface area contributed by atoms with Crippen molar-refractivity contribution in [2.45, 2.75) is 39.2 Å². The van der Waals surface area contributed by atoms with Crippen molar-refractivity contribution in [1.29, 1.82) is 0 Å². The van der Waals surface area contributed by atoms with E-state index in [0.29, 0.717) is 13.2 Å². The molecule has 0 fully saturated rings. The van der Waals surface area contributed by atoms with Gasteiger partial charge >= 0.3 is 0 Å². The van der Waals surface area contributed by atoms with Gasteiger partial charge < -0.3 is 15.8 Å². The molecular weight excluding hydrogens is 192 g/mol. The zero-order chi connectivity index (χ0) is 11.9. The van der Waals surface area contributed by atoms with E-state index in [-0.39, 0.29) is 17.4 Å². The number of amides is 1. The number of rotatable bonds is 7. The molecular formula is C11H24N2O2. The van der Waals surface area contributed by atoms with Gasteiger partial charge in [0.05, 0.1) is 12.5 Å². The van der Waals surface area contributed by atoms with E-state index in [9.17, 15) is 4.79 Å². The maximum Gasteiger partial charge on any atom is 0.225 e. The molecule has 90 valence electrons. The predicted octanol–water partition coefficient (Wildman–Crippen LogP) is 0.903. The van der Waals surface area contributed by atoms with E-state index in [4.69, 9.17) is 10.5 Å². The lowest BCUT2D eigenvalue weighted by Gasteiger charge is -2.27. The number of nitrogens with one attached hydrogen (secondary N) is 1. The standard InChI is InChI=1S/C11H24N2O2/c1-5-11(12,6-2)8-13-10(14)9(3)7-15-4/h9H,5-8,12H2,1-4H3,(H,13,14). The first-order valence-corrected chi connectivity index (χ1v) is 5.54. The molecule has 1 atom stereocenters. The van der Waals surface area contributed by atoms with Crippen molar-refractivity contribution in [2.24, 2.45) is 11.7 Å². The van der Waals surface area contributed by atoms with Crippen LogP contribution in [0.3, 0.4) is 0 Å². The molecule has 0 heterocycles. The molecule has 0 spiro atoms. The minimum absolute atomic E-state index is 0.00794. The summed E-state index contributed by atoms with van der Waals surface area (Å²) in [5, 5.41) is 2.87. The van der Waals surface area contributed by atoms with Crippen LogP contribution in [0.2, 0.25) is 0 Å². The highest BCUT2D eigenvalue weighted by atomic mass is 16.5. The van der Waals surface area contributed by atoms with E-state index in [0.717, 1.165) is 12.8 Å². The van der Waals surface area contributed by atoms with Crippen LogP contribution in [0.1, 0.15) is 33.6 Å². The normalized spacial score (nSPS) is 13.7. The van der Waals surface area contributed by atoms with Crippen LogP contribution in [0.4, 0.5) is 0 Å². The van der Waals surface area contributed by atoms with Gasteiger partial charge in [-0.3, -0.25) is 4.79 Å². The van der Waals surface area contributed by atoms with Gasteiger partial charge in [0.25, 0.3) is 0 Å².